The van der Waals surface area contributed by atoms with Crippen LogP contribution in [0.4, 0.5) is 5.69 Å². The van der Waals surface area contributed by atoms with E-state index in [-0.39, 0.29) is 0 Å². The van der Waals surface area contributed by atoms with Crippen molar-refractivity contribution in [2.24, 2.45) is 0 Å². The molecule has 1 aromatic rings. The highest BCUT2D eigenvalue weighted by molar-refractivity contribution is 5.63. The van der Waals surface area contributed by atoms with Gasteiger partial charge >= 0.3 is 0 Å². The molecule has 2 aliphatic rings. The summed E-state index contributed by atoms with van der Waals surface area (Å²) in [6.45, 7) is 2.14. The van der Waals surface area contributed by atoms with Crippen molar-refractivity contribution in [1.82, 2.24) is 0 Å². The van der Waals surface area contributed by atoms with Crippen LogP contribution in [0.25, 0.3) is 0 Å². The van der Waals surface area contributed by atoms with Crippen LogP contribution >= 0.6 is 0 Å². The van der Waals surface area contributed by atoms with E-state index < -0.39 is 0 Å². The smallest absolute Gasteiger partial charge is 0.143 e. The molecule has 1 heterocycles. The van der Waals surface area contributed by atoms with Crippen LogP contribution in [0.1, 0.15) is 31.2 Å². The number of hydrogen-bond donors (Lipinski definition) is 1. The number of nitrogens with one attached hydrogen (secondary N) is 1. The number of rotatable bonds is 0. The van der Waals surface area contributed by atoms with Gasteiger partial charge in [0, 0.05) is 0 Å². The van der Waals surface area contributed by atoms with E-state index >= 15 is 0 Å². The molecule has 1 aliphatic carbocycles. The van der Waals surface area contributed by atoms with Crippen molar-refractivity contribution in [3.8, 4) is 5.75 Å². The van der Waals surface area contributed by atoms with E-state index in [0.29, 0.717) is 12.1 Å². The molecule has 1 aromatic carbocycles. The molecular formula is C13H17NO. The summed E-state index contributed by atoms with van der Waals surface area (Å²) in [6.07, 6.45) is 5.49. The molecular weight excluding hydrogens is 186 g/mol. The van der Waals surface area contributed by atoms with Gasteiger partial charge < -0.3 is 10.1 Å². The van der Waals surface area contributed by atoms with Crippen LogP contribution in [0.15, 0.2) is 18.2 Å². The Kier molecular flexibility index (Phi) is 2.08. The molecule has 0 amide bonds. The molecule has 1 aliphatic heterocycles. The highest BCUT2D eigenvalue weighted by Gasteiger charge is 2.31. The van der Waals surface area contributed by atoms with Gasteiger partial charge in [-0.25, -0.2) is 0 Å². The van der Waals surface area contributed by atoms with Crippen LogP contribution in [0.3, 0.4) is 0 Å². The van der Waals surface area contributed by atoms with Gasteiger partial charge in [-0.05, 0) is 37.8 Å². The highest BCUT2D eigenvalue weighted by atomic mass is 16.5. The van der Waals surface area contributed by atoms with Crippen molar-refractivity contribution >= 4 is 5.69 Å². The molecule has 3 rings (SSSR count). The first-order chi connectivity index (χ1) is 7.34. The van der Waals surface area contributed by atoms with Crippen LogP contribution in [0, 0.1) is 6.92 Å². The predicted molar refractivity (Wildman–Crippen MR) is 61.5 cm³/mol. The number of anilines is 1. The fourth-order valence-corrected chi connectivity index (χ4v) is 2.68. The van der Waals surface area contributed by atoms with E-state index in [4.69, 9.17) is 4.74 Å². The van der Waals surface area contributed by atoms with Gasteiger partial charge in [-0.15, -0.1) is 0 Å². The molecule has 15 heavy (non-hydrogen) atoms. The Morgan fingerprint density at radius 3 is 3.07 bits per heavy atom. The van der Waals surface area contributed by atoms with Gasteiger partial charge in [0.2, 0.25) is 0 Å². The molecule has 2 heteroatoms. The maximum atomic E-state index is 6.05. The summed E-state index contributed by atoms with van der Waals surface area (Å²) in [5, 5.41) is 3.64. The lowest BCUT2D eigenvalue weighted by molar-refractivity contribution is 0.131. The van der Waals surface area contributed by atoms with Crippen molar-refractivity contribution in [2.75, 3.05) is 5.32 Å². The van der Waals surface area contributed by atoms with Crippen LogP contribution in [-0.2, 0) is 0 Å². The average Bonchev–Trinajstić information content (AvgIpc) is 2.27. The third-order valence-corrected chi connectivity index (χ3v) is 3.55. The summed E-state index contributed by atoms with van der Waals surface area (Å²) in [7, 11) is 0. The second kappa shape index (κ2) is 3.44. The van der Waals surface area contributed by atoms with Crippen LogP contribution in [-0.4, -0.2) is 12.1 Å². The maximum absolute atomic E-state index is 6.05. The second-order valence-corrected chi connectivity index (χ2v) is 4.64. The molecule has 2 atom stereocenters. The monoisotopic (exact) mass is 203 g/mol. The van der Waals surface area contributed by atoms with E-state index in [0.717, 1.165) is 5.75 Å². The second-order valence-electron chi connectivity index (χ2n) is 4.64. The van der Waals surface area contributed by atoms with E-state index in [1.807, 2.05) is 0 Å². The third kappa shape index (κ3) is 1.48. The minimum Gasteiger partial charge on any atom is -0.486 e. The number of fused-ring (bicyclic) bond motifs is 2. The Morgan fingerprint density at radius 1 is 1.27 bits per heavy atom. The van der Waals surface area contributed by atoms with Crippen molar-refractivity contribution < 1.29 is 4.74 Å². The predicted octanol–water partition coefficient (Wildman–Crippen LogP) is 3.11. The van der Waals surface area contributed by atoms with Gasteiger partial charge in [-0.2, -0.15) is 0 Å². The van der Waals surface area contributed by atoms with Gasteiger partial charge in [0.15, 0.2) is 0 Å². The lowest BCUT2D eigenvalue weighted by atomic mass is 9.90. The molecule has 0 saturated heterocycles. The van der Waals surface area contributed by atoms with E-state index in [9.17, 15) is 0 Å². The molecule has 0 radical (unpaired) electrons. The van der Waals surface area contributed by atoms with Gasteiger partial charge in [-0.3, -0.25) is 0 Å². The Balaban J connectivity index is 1.95. The Labute approximate surface area is 90.6 Å². The van der Waals surface area contributed by atoms with Gasteiger partial charge in [0.1, 0.15) is 11.9 Å². The topological polar surface area (TPSA) is 21.3 Å². The van der Waals surface area contributed by atoms with Gasteiger partial charge in [-0.1, -0.05) is 18.6 Å². The number of hydrogen-bond acceptors (Lipinski definition) is 2. The van der Waals surface area contributed by atoms with Crippen LogP contribution in [0.5, 0.6) is 5.75 Å². The Hall–Kier alpha value is -1.18. The Morgan fingerprint density at radius 2 is 2.13 bits per heavy atom. The molecule has 0 bridgehead atoms. The summed E-state index contributed by atoms with van der Waals surface area (Å²) in [4.78, 5) is 0. The molecule has 80 valence electrons. The van der Waals surface area contributed by atoms with Gasteiger partial charge in [0.05, 0.1) is 11.7 Å². The van der Waals surface area contributed by atoms with Crippen molar-refractivity contribution in [3.63, 3.8) is 0 Å². The van der Waals surface area contributed by atoms with Crippen molar-refractivity contribution in [2.45, 2.75) is 44.8 Å². The zero-order chi connectivity index (χ0) is 10.3. The summed E-state index contributed by atoms with van der Waals surface area (Å²) in [5.41, 5.74) is 2.50. The van der Waals surface area contributed by atoms with Crippen molar-refractivity contribution in [1.29, 1.82) is 0 Å². The summed E-state index contributed by atoms with van der Waals surface area (Å²) < 4.78 is 6.05. The molecule has 1 fully saturated rings. The van der Waals surface area contributed by atoms with Crippen LogP contribution in [0.2, 0.25) is 0 Å². The zero-order valence-corrected chi connectivity index (χ0v) is 9.12. The number of aryl methyl sites for hydroxylation is 1. The largest absolute Gasteiger partial charge is 0.486 e. The molecule has 2 unspecified atom stereocenters. The number of para-hydroxylation sites is 1. The lowest BCUT2D eigenvalue weighted by Crippen LogP contribution is -2.43. The highest BCUT2D eigenvalue weighted by Crippen LogP contribution is 2.37. The molecule has 1 N–H and O–H groups in total. The number of benzene rings is 1. The first kappa shape index (κ1) is 9.08. The third-order valence-electron chi connectivity index (χ3n) is 3.55. The molecule has 1 saturated carbocycles. The fourth-order valence-electron chi connectivity index (χ4n) is 2.68. The maximum Gasteiger partial charge on any atom is 0.143 e. The lowest BCUT2D eigenvalue weighted by Gasteiger charge is -2.38. The molecule has 0 spiro atoms. The Bertz CT molecular complexity index is 375. The normalized spacial score (nSPS) is 28.3. The quantitative estimate of drug-likeness (QED) is 0.699. The van der Waals surface area contributed by atoms with Gasteiger partial charge in [0.25, 0.3) is 0 Å². The van der Waals surface area contributed by atoms with Crippen molar-refractivity contribution in [3.05, 3.63) is 23.8 Å². The molecule has 2 nitrogen and oxygen atoms in total. The average molecular weight is 203 g/mol. The minimum atomic E-state index is 0.396. The molecule has 0 aromatic heterocycles. The summed E-state index contributed by atoms with van der Waals surface area (Å²) in [6, 6.07) is 6.81. The fraction of sp³-hybridized carbons (Fsp3) is 0.538. The first-order valence-electron chi connectivity index (χ1n) is 5.87. The number of ether oxygens (including phenoxy) is 1. The summed E-state index contributed by atoms with van der Waals surface area (Å²) >= 11 is 0. The van der Waals surface area contributed by atoms with E-state index in [1.54, 1.807) is 0 Å². The standard InChI is InChI=1S/C13H17NO/c1-9-5-4-8-12-13(9)14-10-6-2-3-7-11(10)15-12/h4-5,8,10-11,14H,2-3,6-7H2,1H3. The van der Waals surface area contributed by atoms with E-state index in [2.05, 4.69) is 30.4 Å². The zero-order valence-electron chi connectivity index (χ0n) is 9.12. The minimum absolute atomic E-state index is 0.396. The van der Waals surface area contributed by atoms with Crippen LogP contribution < -0.4 is 10.1 Å². The summed E-state index contributed by atoms with van der Waals surface area (Å²) in [5.74, 6) is 1.04. The first-order valence-corrected chi connectivity index (χ1v) is 5.87. The van der Waals surface area contributed by atoms with E-state index in [1.165, 1.54) is 36.9 Å². The SMILES string of the molecule is Cc1cccc2c1NC1CCCCC1O2.